The topological polar surface area (TPSA) is 154 Å². The normalized spacial score (nSPS) is 17.6. The largest absolute Gasteiger partial charge is 0.496 e. The van der Waals surface area contributed by atoms with Crippen molar-refractivity contribution in [2.75, 3.05) is 40.3 Å². The highest BCUT2D eigenvalue weighted by atomic mass is 32.2. The van der Waals surface area contributed by atoms with Crippen molar-refractivity contribution in [3.63, 3.8) is 0 Å². The van der Waals surface area contributed by atoms with Crippen molar-refractivity contribution >= 4 is 21.6 Å². The molecule has 242 valence electrons. The van der Waals surface area contributed by atoms with Gasteiger partial charge in [-0.1, -0.05) is 18.2 Å². The number of nitrogens with one attached hydrogen (secondary N) is 2. The van der Waals surface area contributed by atoms with Gasteiger partial charge < -0.3 is 28.8 Å². The molecule has 1 amide bonds. The van der Waals surface area contributed by atoms with Gasteiger partial charge >= 0.3 is 0 Å². The third-order valence-corrected chi connectivity index (χ3v) is 9.20. The van der Waals surface area contributed by atoms with Crippen LogP contribution in [-0.4, -0.2) is 77.3 Å². The lowest BCUT2D eigenvalue weighted by atomic mass is 9.90. The summed E-state index contributed by atoms with van der Waals surface area (Å²) in [4.78, 5) is 18.8. The van der Waals surface area contributed by atoms with Crippen molar-refractivity contribution in [2.45, 2.75) is 42.8 Å². The second-order valence-electron chi connectivity index (χ2n) is 10.3. The maximum Gasteiger partial charge on any atom is 0.266 e. The first-order valence-electron chi connectivity index (χ1n) is 14.4. The maximum absolute atomic E-state index is 13.9. The molecule has 2 atom stereocenters. The number of rotatable bonds is 16. The van der Waals surface area contributed by atoms with E-state index in [0.717, 1.165) is 0 Å². The Morgan fingerprint density at radius 2 is 1.64 bits per heavy atom. The highest BCUT2D eigenvalue weighted by molar-refractivity contribution is 7.91. The zero-order valence-corrected chi connectivity index (χ0v) is 26.6. The SMILES string of the molecule is COc1cc(OC)c(CNNC(=O)[C@@]2(CCS(=O)(=O)c3ccccc3)N=C(c3ccc(OCCCO)cc3)O[C@H]2C)c(OC)c1. The first-order chi connectivity index (χ1) is 21.7. The number of carbonyl (C=O) groups excluding carboxylic acids is 1. The molecule has 13 heteroatoms. The molecule has 4 rings (SSSR count). The number of aliphatic imine (C=N–C) groups is 1. The molecule has 1 heterocycles. The standard InChI is InChI=1S/C32H39N3O9S/c1-22-32(15-18-45(38,39)26-9-6-5-7-10-26,34-30(44-22)23-11-13-24(14-12-23)43-17-8-16-36)31(37)35-33-21-27-28(41-3)19-25(40-2)20-29(27)42-4/h5-7,9-14,19-20,22,33,36H,8,15-18,21H2,1-4H3,(H,35,37)/t22-,32-/m0/s1. The van der Waals surface area contributed by atoms with Gasteiger partial charge in [0.1, 0.15) is 29.1 Å². The minimum Gasteiger partial charge on any atom is -0.496 e. The summed E-state index contributed by atoms with van der Waals surface area (Å²) >= 11 is 0. The van der Waals surface area contributed by atoms with Crippen LogP contribution in [0.3, 0.4) is 0 Å². The number of hydrogen-bond donors (Lipinski definition) is 3. The highest BCUT2D eigenvalue weighted by Gasteiger charge is 2.50. The first-order valence-corrected chi connectivity index (χ1v) is 16.0. The van der Waals surface area contributed by atoms with E-state index < -0.39 is 27.4 Å². The fraction of sp³-hybridized carbons (Fsp3) is 0.375. The summed E-state index contributed by atoms with van der Waals surface area (Å²) < 4.78 is 54.5. The lowest BCUT2D eigenvalue weighted by molar-refractivity contribution is -0.129. The van der Waals surface area contributed by atoms with Gasteiger partial charge in [-0.25, -0.2) is 18.8 Å². The molecule has 0 unspecified atom stereocenters. The van der Waals surface area contributed by atoms with Gasteiger partial charge in [-0.3, -0.25) is 10.2 Å². The summed E-state index contributed by atoms with van der Waals surface area (Å²) in [7, 11) is 0.826. The van der Waals surface area contributed by atoms with Gasteiger partial charge in [-0.05, 0) is 49.7 Å². The van der Waals surface area contributed by atoms with E-state index in [4.69, 9.17) is 33.8 Å². The fourth-order valence-corrected chi connectivity index (χ4v) is 6.25. The Kier molecular flexibility index (Phi) is 11.3. The number of benzene rings is 3. The molecule has 0 spiro atoms. The number of nitrogens with zero attached hydrogens (tertiary/aromatic N) is 1. The number of hydrazine groups is 1. The number of amides is 1. The Balaban J connectivity index is 1.59. The molecule has 3 N–H and O–H groups in total. The van der Waals surface area contributed by atoms with Crippen LogP contribution >= 0.6 is 0 Å². The van der Waals surface area contributed by atoms with Crippen LogP contribution in [0.1, 0.15) is 30.9 Å². The van der Waals surface area contributed by atoms with Crippen molar-refractivity contribution in [1.29, 1.82) is 0 Å². The summed E-state index contributed by atoms with van der Waals surface area (Å²) in [6, 6.07) is 18.4. The number of hydrogen-bond acceptors (Lipinski definition) is 11. The molecule has 0 saturated carbocycles. The zero-order chi connectivity index (χ0) is 32.5. The minimum atomic E-state index is -3.73. The quantitative estimate of drug-likeness (QED) is 0.157. The van der Waals surface area contributed by atoms with Crippen molar-refractivity contribution in [2.24, 2.45) is 4.99 Å². The molecule has 0 bridgehead atoms. The molecule has 0 aromatic heterocycles. The average molecular weight is 642 g/mol. The van der Waals surface area contributed by atoms with Crippen LogP contribution in [0.5, 0.6) is 23.0 Å². The summed E-state index contributed by atoms with van der Waals surface area (Å²) in [6.07, 6.45) is -0.434. The number of aliphatic hydroxyl groups is 1. The molecule has 3 aromatic carbocycles. The Labute approximate surface area is 263 Å². The number of methoxy groups -OCH3 is 3. The summed E-state index contributed by atoms with van der Waals surface area (Å²) in [5.41, 5.74) is 5.27. The van der Waals surface area contributed by atoms with Crippen LogP contribution in [0.2, 0.25) is 0 Å². The van der Waals surface area contributed by atoms with E-state index in [9.17, 15) is 13.2 Å². The molecular formula is C32H39N3O9S. The van der Waals surface area contributed by atoms with Crippen LogP contribution in [0.4, 0.5) is 0 Å². The highest BCUT2D eigenvalue weighted by Crippen LogP contribution is 2.35. The number of ether oxygens (including phenoxy) is 5. The van der Waals surface area contributed by atoms with Crippen LogP contribution in [0, 0.1) is 0 Å². The van der Waals surface area contributed by atoms with E-state index in [-0.39, 0.29) is 36.1 Å². The Morgan fingerprint density at radius 1 is 0.978 bits per heavy atom. The van der Waals surface area contributed by atoms with E-state index in [0.29, 0.717) is 47.2 Å². The second kappa shape index (κ2) is 15.1. The zero-order valence-electron chi connectivity index (χ0n) is 25.7. The van der Waals surface area contributed by atoms with E-state index in [1.165, 1.54) is 33.5 Å². The molecule has 0 fully saturated rings. The smallest absolute Gasteiger partial charge is 0.266 e. The number of sulfone groups is 1. The van der Waals surface area contributed by atoms with E-state index in [1.54, 1.807) is 61.5 Å². The summed E-state index contributed by atoms with van der Waals surface area (Å²) in [5, 5.41) is 8.99. The van der Waals surface area contributed by atoms with Gasteiger partial charge in [0.2, 0.25) is 5.90 Å². The lowest BCUT2D eigenvalue weighted by Crippen LogP contribution is -2.55. The lowest BCUT2D eigenvalue weighted by Gasteiger charge is -2.28. The van der Waals surface area contributed by atoms with Crippen molar-refractivity contribution < 1.29 is 42.0 Å². The third kappa shape index (κ3) is 7.85. The second-order valence-corrected chi connectivity index (χ2v) is 12.4. The summed E-state index contributed by atoms with van der Waals surface area (Å²) in [6.45, 7) is 2.20. The van der Waals surface area contributed by atoms with Gasteiger partial charge in [0, 0.05) is 37.3 Å². The van der Waals surface area contributed by atoms with Gasteiger partial charge in [-0.15, -0.1) is 0 Å². The number of aliphatic hydroxyl groups excluding tert-OH is 1. The molecule has 0 saturated heterocycles. The van der Waals surface area contributed by atoms with Crippen molar-refractivity contribution in [1.82, 2.24) is 10.9 Å². The molecule has 3 aromatic rings. The van der Waals surface area contributed by atoms with Crippen molar-refractivity contribution in [3.05, 3.63) is 77.9 Å². The Hall–Kier alpha value is -4.33. The van der Waals surface area contributed by atoms with Gasteiger partial charge in [0.05, 0.1) is 44.1 Å². The van der Waals surface area contributed by atoms with E-state index in [1.807, 2.05) is 0 Å². The molecule has 12 nitrogen and oxygen atoms in total. The molecule has 0 aliphatic carbocycles. The average Bonchev–Trinajstić information content (AvgIpc) is 3.41. The van der Waals surface area contributed by atoms with Gasteiger partial charge in [0.25, 0.3) is 5.91 Å². The predicted octanol–water partition coefficient (Wildman–Crippen LogP) is 3.06. The maximum atomic E-state index is 13.9. The van der Waals surface area contributed by atoms with Crippen molar-refractivity contribution in [3.8, 4) is 23.0 Å². The molecular weight excluding hydrogens is 602 g/mol. The van der Waals surface area contributed by atoms with Crippen LogP contribution in [-0.2, 0) is 25.9 Å². The van der Waals surface area contributed by atoms with Crippen LogP contribution in [0.15, 0.2) is 76.6 Å². The van der Waals surface area contributed by atoms with Crippen LogP contribution < -0.4 is 29.8 Å². The Morgan fingerprint density at radius 3 is 2.24 bits per heavy atom. The van der Waals surface area contributed by atoms with Gasteiger partial charge in [-0.2, -0.15) is 0 Å². The monoisotopic (exact) mass is 641 g/mol. The molecule has 1 aliphatic heterocycles. The third-order valence-electron chi connectivity index (χ3n) is 7.47. The predicted molar refractivity (Wildman–Crippen MR) is 168 cm³/mol. The molecule has 1 aliphatic rings. The first kappa shape index (κ1) is 33.6. The van der Waals surface area contributed by atoms with Crippen LogP contribution in [0.25, 0.3) is 0 Å². The Bertz CT molecular complexity index is 1560. The summed E-state index contributed by atoms with van der Waals surface area (Å²) in [5.74, 6) is 1.41. The molecule has 45 heavy (non-hydrogen) atoms. The fourth-order valence-electron chi connectivity index (χ4n) is 4.86. The minimum absolute atomic E-state index is 0.0286. The number of carbonyl (C=O) groups is 1. The van der Waals surface area contributed by atoms with E-state index >= 15 is 0 Å². The van der Waals surface area contributed by atoms with E-state index in [2.05, 4.69) is 10.9 Å². The van der Waals surface area contributed by atoms with Gasteiger partial charge in [0.15, 0.2) is 15.4 Å². The molecule has 0 radical (unpaired) electrons.